The van der Waals surface area contributed by atoms with Crippen molar-refractivity contribution in [2.75, 3.05) is 30.4 Å². The van der Waals surface area contributed by atoms with Crippen molar-refractivity contribution < 1.29 is 26.4 Å². The van der Waals surface area contributed by atoms with Crippen LogP contribution in [0.3, 0.4) is 0 Å². The number of hydrogen-bond donors (Lipinski definition) is 2. The predicted molar refractivity (Wildman–Crippen MR) is 107 cm³/mol. The molecule has 1 aromatic carbocycles. The number of fused-ring (bicyclic) bond motifs is 1. The molecule has 13 heteroatoms. The second kappa shape index (κ2) is 7.81. The van der Waals surface area contributed by atoms with E-state index in [1.54, 1.807) is 0 Å². The van der Waals surface area contributed by atoms with Crippen LogP contribution in [0.4, 0.5) is 20.5 Å². The largest absolute Gasteiger partial charge is 0.443 e. The van der Waals surface area contributed by atoms with Gasteiger partial charge in [0.1, 0.15) is 16.9 Å². The lowest BCUT2D eigenvalue weighted by Gasteiger charge is -2.30. The summed E-state index contributed by atoms with van der Waals surface area (Å²) in [5.41, 5.74) is 4.81. The summed E-state index contributed by atoms with van der Waals surface area (Å²) in [6, 6.07) is 0.737. The Balaban J connectivity index is 1.54. The number of nitrogen functional groups attached to an aromatic ring is 1. The summed E-state index contributed by atoms with van der Waals surface area (Å²) in [4.78, 5) is 24.7. The number of benzene rings is 1. The Morgan fingerprint density at radius 3 is 2.65 bits per heavy atom. The van der Waals surface area contributed by atoms with Gasteiger partial charge in [0.2, 0.25) is 21.8 Å². The molecule has 0 saturated carbocycles. The van der Waals surface area contributed by atoms with E-state index in [4.69, 9.17) is 10.2 Å². The van der Waals surface area contributed by atoms with Crippen molar-refractivity contribution in [1.82, 2.24) is 19.3 Å². The van der Waals surface area contributed by atoms with Crippen LogP contribution < -0.4 is 11.1 Å². The number of carbonyl (C=O) groups is 1. The van der Waals surface area contributed by atoms with E-state index in [1.807, 2.05) is 0 Å². The average molecular weight is 452 g/mol. The first kappa shape index (κ1) is 21.1. The Labute approximate surface area is 175 Å². The third kappa shape index (κ3) is 4.05. The quantitative estimate of drug-likeness (QED) is 0.551. The van der Waals surface area contributed by atoms with Crippen molar-refractivity contribution in [3.8, 4) is 0 Å². The lowest BCUT2D eigenvalue weighted by molar-refractivity contribution is 0.103. The van der Waals surface area contributed by atoms with E-state index >= 15 is 0 Å². The average Bonchev–Trinajstić information content (AvgIpc) is 3.16. The van der Waals surface area contributed by atoms with Crippen molar-refractivity contribution in [2.45, 2.75) is 18.9 Å². The zero-order valence-electron chi connectivity index (χ0n) is 16.3. The van der Waals surface area contributed by atoms with Crippen molar-refractivity contribution >= 4 is 38.7 Å². The van der Waals surface area contributed by atoms with E-state index in [1.165, 1.54) is 4.31 Å². The minimum atomic E-state index is -3.24. The molecular formula is C18H18F2N6O4S. The number of nitrogens with one attached hydrogen (secondary N) is 1. The molecule has 0 amide bonds. The number of nitrogens with two attached hydrogens (primary N) is 1. The molecule has 31 heavy (non-hydrogen) atoms. The summed E-state index contributed by atoms with van der Waals surface area (Å²) in [7, 11) is -3.24. The van der Waals surface area contributed by atoms with Crippen LogP contribution in [-0.4, -0.2) is 58.8 Å². The highest BCUT2D eigenvalue weighted by Gasteiger charge is 2.28. The highest BCUT2D eigenvalue weighted by atomic mass is 32.2. The van der Waals surface area contributed by atoms with Crippen molar-refractivity contribution in [3.05, 3.63) is 41.4 Å². The van der Waals surface area contributed by atoms with Crippen molar-refractivity contribution in [2.24, 2.45) is 0 Å². The maximum atomic E-state index is 14.4. The number of carbonyl (C=O) groups excluding carboxylic acids is 1. The molecule has 3 N–H and O–H groups in total. The number of piperidine rings is 1. The standard InChI is InChI=1S/C18H18F2N6O4S/c1-31(28,29)26-4-2-9(3-5-26)24-18-22-7-10(17(21)25-18)15(27)13-14(20)11(19)6-12-16(13)30-8-23-12/h6-9H,2-5H2,1H3,(H3,21,22,24,25). The monoisotopic (exact) mass is 452 g/mol. The van der Waals surface area contributed by atoms with Crippen LogP contribution in [0.5, 0.6) is 0 Å². The maximum absolute atomic E-state index is 14.4. The molecule has 0 aliphatic carbocycles. The van der Waals surface area contributed by atoms with Gasteiger partial charge in [0.25, 0.3) is 0 Å². The normalized spacial score (nSPS) is 16.0. The number of ketones is 1. The molecule has 0 atom stereocenters. The second-order valence-electron chi connectivity index (χ2n) is 7.15. The minimum Gasteiger partial charge on any atom is -0.443 e. The SMILES string of the molecule is CS(=O)(=O)N1CCC(Nc2ncc(C(=O)c3c(F)c(F)cc4ncoc34)c(N)n2)CC1. The maximum Gasteiger partial charge on any atom is 0.224 e. The molecule has 0 spiro atoms. The van der Waals surface area contributed by atoms with Gasteiger partial charge in [-0.05, 0) is 12.8 Å². The molecular weight excluding hydrogens is 434 g/mol. The zero-order chi connectivity index (χ0) is 22.3. The molecule has 4 rings (SSSR count). The molecule has 2 aromatic heterocycles. The third-order valence-electron chi connectivity index (χ3n) is 5.06. The number of anilines is 2. The molecule has 0 bridgehead atoms. The van der Waals surface area contributed by atoms with Crippen LogP contribution in [-0.2, 0) is 10.0 Å². The van der Waals surface area contributed by atoms with Gasteiger partial charge in [-0.15, -0.1) is 0 Å². The number of sulfonamides is 1. The molecule has 0 unspecified atom stereocenters. The lowest BCUT2D eigenvalue weighted by atomic mass is 10.0. The van der Waals surface area contributed by atoms with Gasteiger partial charge >= 0.3 is 0 Å². The Hall–Kier alpha value is -3.19. The van der Waals surface area contributed by atoms with Gasteiger partial charge in [0.15, 0.2) is 23.6 Å². The van der Waals surface area contributed by atoms with E-state index in [0.29, 0.717) is 25.9 Å². The fourth-order valence-electron chi connectivity index (χ4n) is 3.44. The molecule has 1 fully saturated rings. The Bertz CT molecular complexity index is 1270. The summed E-state index contributed by atoms with van der Waals surface area (Å²) in [5, 5.41) is 3.05. The van der Waals surface area contributed by atoms with Gasteiger partial charge in [-0.1, -0.05) is 0 Å². The van der Waals surface area contributed by atoms with Gasteiger partial charge in [-0.25, -0.2) is 31.5 Å². The fourth-order valence-corrected chi connectivity index (χ4v) is 4.31. The number of oxazole rings is 1. The fraction of sp³-hybridized carbons (Fsp3) is 0.333. The van der Waals surface area contributed by atoms with Crippen LogP contribution in [0, 0.1) is 11.6 Å². The van der Waals surface area contributed by atoms with E-state index in [0.717, 1.165) is 24.9 Å². The Kier molecular flexibility index (Phi) is 5.31. The molecule has 0 radical (unpaired) electrons. The summed E-state index contributed by atoms with van der Waals surface area (Å²) < 4.78 is 57.8. The van der Waals surface area contributed by atoms with Gasteiger partial charge in [-0.3, -0.25) is 4.79 Å². The smallest absolute Gasteiger partial charge is 0.224 e. The van der Waals surface area contributed by atoms with E-state index in [2.05, 4.69) is 20.3 Å². The first-order valence-corrected chi connectivity index (χ1v) is 11.1. The van der Waals surface area contributed by atoms with Gasteiger partial charge in [0, 0.05) is 31.4 Å². The number of nitrogens with zero attached hydrogens (tertiary/aromatic N) is 4. The van der Waals surface area contributed by atoms with Crippen LogP contribution in [0.25, 0.3) is 11.1 Å². The van der Waals surface area contributed by atoms with E-state index in [9.17, 15) is 22.0 Å². The number of hydrogen-bond acceptors (Lipinski definition) is 9. The van der Waals surface area contributed by atoms with Crippen LogP contribution in [0.1, 0.15) is 28.8 Å². The van der Waals surface area contributed by atoms with Gasteiger partial charge in [-0.2, -0.15) is 4.98 Å². The van der Waals surface area contributed by atoms with Gasteiger partial charge in [0.05, 0.1) is 11.8 Å². The number of rotatable bonds is 5. The molecule has 1 aliphatic heterocycles. The van der Waals surface area contributed by atoms with Crippen LogP contribution in [0.15, 0.2) is 23.1 Å². The van der Waals surface area contributed by atoms with Gasteiger partial charge < -0.3 is 15.5 Å². The minimum absolute atomic E-state index is 0.0135. The first-order chi connectivity index (χ1) is 14.6. The molecule has 1 saturated heterocycles. The molecule has 10 nitrogen and oxygen atoms in total. The van der Waals surface area contributed by atoms with E-state index in [-0.39, 0.29) is 34.5 Å². The summed E-state index contributed by atoms with van der Waals surface area (Å²) in [6.45, 7) is 0.711. The topological polar surface area (TPSA) is 144 Å². The summed E-state index contributed by atoms with van der Waals surface area (Å²) in [5.74, 6) is -3.66. The highest BCUT2D eigenvalue weighted by molar-refractivity contribution is 7.88. The molecule has 164 valence electrons. The first-order valence-electron chi connectivity index (χ1n) is 9.25. The number of halogens is 2. The summed E-state index contributed by atoms with van der Waals surface area (Å²) in [6.07, 6.45) is 4.33. The van der Waals surface area contributed by atoms with Crippen molar-refractivity contribution in [1.29, 1.82) is 0 Å². The third-order valence-corrected chi connectivity index (χ3v) is 6.36. The Morgan fingerprint density at radius 1 is 1.29 bits per heavy atom. The van der Waals surface area contributed by atoms with Crippen LogP contribution in [0.2, 0.25) is 0 Å². The number of aromatic nitrogens is 3. The second-order valence-corrected chi connectivity index (χ2v) is 9.13. The van der Waals surface area contributed by atoms with Crippen LogP contribution >= 0.6 is 0 Å². The van der Waals surface area contributed by atoms with Crippen molar-refractivity contribution in [3.63, 3.8) is 0 Å². The summed E-state index contributed by atoms with van der Waals surface area (Å²) >= 11 is 0. The molecule has 3 aromatic rings. The molecule has 3 heterocycles. The predicted octanol–water partition coefficient (Wildman–Crippen LogP) is 1.55. The molecule has 1 aliphatic rings. The highest BCUT2D eigenvalue weighted by Crippen LogP contribution is 2.27. The Morgan fingerprint density at radius 2 is 2.00 bits per heavy atom. The zero-order valence-corrected chi connectivity index (χ0v) is 17.1. The lowest BCUT2D eigenvalue weighted by Crippen LogP contribution is -2.42. The van der Waals surface area contributed by atoms with E-state index < -0.39 is 33.0 Å².